The van der Waals surface area contributed by atoms with Crippen LogP contribution in [0.4, 0.5) is 5.69 Å². The van der Waals surface area contributed by atoms with Crippen molar-refractivity contribution in [2.45, 2.75) is 13.8 Å². The summed E-state index contributed by atoms with van der Waals surface area (Å²) in [6.07, 6.45) is 0. The van der Waals surface area contributed by atoms with E-state index in [1.54, 1.807) is 6.07 Å². The highest BCUT2D eigenvalue weighted by atomic mass is 79.9. The number of hydrogen-bond donors (Lipinski definition) is 0. The molecule has 0 fully saturated rings. The highest BCUT2D eigenvalue weighted by molar-refractivity contribution is 9.10. The number of aryl methyl sites for hydroxylation is 2. The molecule has 120 valence electrons. The number of thiophene rings is 1. The second-order valence-electron chi connectivity index (χ2n) is 4.75. The molecular weight excluding hydrogens is 386 g/mol. The van der Waals surface area contributed by atoms with Gasteiger partial charge >= 0.3 is 5.97 Å². The van der Waals surface area contributed by atoms with Gasteiger partial charge in [-0.1, -0.05) is 0 Å². The molecule has 0 amide bonds. The maximum atomic E-state index is 12.1. The number of rotatable bonds is 5. The quantitative estimate of drug-likeness (QED) is 0.328. The van der Waals surface area contributed by atoms with E-state index in [1.807, 2.05) is 13.8 Å². The Labute approximate surface area is 144 Å². The first-order valence-electron chi connectivity index (χ1n) is 6.51. The van der Waals surface area contributed by atoms with E-state index in [2.05, 4.69) is 15.9 Å². The van der Waals surface area contributed by atoms with Gasteiger partial charge in [-0.3, -0.25) is 14.9 Å². The first-order valence-corrected chi connectivity index (χ1v) is 8.12. The van der Waals surface area contributed by atoms with E-state index in [9.17, 15) is 19.7 Å². The molecule has 8 heteroatoms. The van der Waals surface area contributed by atoms with Crippen molar-refractivity contribution in [3.63, 3.8) is 0 Å². The van der Waals surface area contributed by atoms with Crippen molar-refractivity contribution in [1.82, 2.24) is 0 Å². The van der Waals surface area contributed by atoms with Crippen molar-refractivity contribution in [3.05, 3.63) is 59.7 Å². The Morgan fingerprint density at radius 2 is 2.00 bits per heavy atom. The molecule has 0 unspecified atom stereocenters. The van der Waals surface area contributed by atoms with Crippen molar-refractivity contribution in [3.8, 4) is 0 Å². The average Bonchev–Trinajstić information content (AvgIpc) is 2.83. The molecule has 2 aromatic rings. The van der Waals surface area contributed by atoms with E-state index < -0.39 is 17.5 Å². The Balaban J connectivity index is 2.08. The van der Waals surface area contributed by atoms with Crippen LogP contribution in [-0.4, -0.2) is 23.3 Å². The molecule has 0 aliphatic rings. The summed E-state index contributed by atoms with van der Waals surface area (Å²) in [5.74, 6) is -1.08. The normalized spacial score (nSPS) is 10.4. The third kappa shape index (κ3) is 4.02. The van der Waals surface area contributed by atoms with Gasteiger partial charge in [-0.2, -0.15) is 0 Å². The number of carbonyl (C=O) groups excluding carboxylic acids is 2. The fourth-order valence-corrected chi connectivity index (χ4v) is 3.31. The number of nitro benzene ring substituents is 1. The van der Waals surface area contributed by atoms with Crippen LogP contribution in [0, 0.1) is 24.0 Å². The Kier molecular flexibility index (Phi) is 5.27. The van der Waals surface area contributed by atoms with Gasteiger partial charge in [0.05, 0.1) is 15.0 Å². The highest BCUT2D eigenvalue weighted by Crippen LogP contribution is 2.26. The fraction of sp³-hybridized carbons (Fsp3) is 0.200. The van der Waals surface area contributed by atoms with Gasteiger partial charge in [0.15, 0.2) is 6.61 Å². The van der Waals surface area contributed by atoms with Crippen LogP contribution >= 0.6 is 27.3 Å². The van der Waals surface area contributed by atoms with Crippen molar-refractivity contribution in [1.29, 1.82) is 0 Å². The van der Waals surface area contributed by atoms with Gasteiger partial charge in [0.25, 0.3) is 5.69 Å². The molecule has 0 atom stereocenters. The van der Waals surface area contributed by atoms with Crippen molar-refractivity contribution in [2.75, 3.05) is 6.61 Å². The molecule has 0 saturated carbocycles. The number of ketones is 1. The maximum absolute atomic E-state index is 12.1. The summed E-state index contributed by atoms with van der Waals surface area (Å²) in [5.41, 5.74) is 0.308. The Hall–Kier alpha value is -2.06. The number of benzene rings is 1. The minimum absolute atomic E-state index is 0.0194. The molecule has 6 nitrogen and oxygen atoms in total. The van der Waals surface area contributed by atoms with Crippen LogP contribution in [-0.2, 0) is 4.74 Å². The van der Waals surface area contributed by atoms with E-state index in [0.29, 0.717) is 5.56 Å². The van der Waals surface area contributed by atoms with Gasteiger partial charge in [-0.15, -0.1) is 11.3 Å². The number of halogens is 1. The van der Waals surface area contributed by atoms with Crippen LogP contribution in [0.2, 0.25) is 0 Å². The number of ether oxygens (including phenoxy) is 1. The Morgan fingerprint density at radius 3 is 2.57 bits per heavy atom. The fourth-order valence-electron chi connectivity index (χ4n) is 1.98. The summed E-state index contributed by atoms with van der Waals surface area (Å²) in [6.45, 7) is 3.31. The number of hydrogen-bond acceptors (Lipinski definition) is 6. The summed E-state index contributed by atoms with van der Waals surface area (Å²) < 4.78 is 5.22. The van der Waals surface area contributed by atoms with Crippen LogP contribution < -0.4 is 0 Å². The van der Waals surface area contributed by atoms with E-state index in [1.165, 1.54) is 23.5 Å². The molecule has 1 heterocycles. The molecule has 0 radical (unpaired) electrons. The lowest BCUT2D eigenvalue weighted by molar-refractivity contribution is -0.385. The number of esters is 1. The predicted molar refractivity (Wildman–Crippen MR) is 89.2 cm³/mol. The summed E-state index contributed by atoms with van der Waals surface area (Å²) >= 11 is 4.53. The summed E-state index contributed by atoms with van der Waals surface area (Å²) in [6, 6.07) is 5.64. The largest absolute Gasteiger partial charge is 0.454 e. The molecule has 0 N–H and O–H groups in total. The maximum Gasteiger partial charge on any atom is 0.338 e. The summed E-state index contributed by atoms with van der Waals surface area (Å²) in [5, 5.41) is 10.9. The molecule has 0 saturated heterocycles. The van der Waals surface area contributed by atoms with Crippen LogP contribution in [0.5, 0.6) is 0 Å². The van der Waals surface area contributed by atoms with Gasteiger partial charge in [0, 0.05) is 21.4 Å². The van der Waals surface area contributed by atoms with Crippen LogP contribution in [0.3, 0.4) is 0 Å². The highest BCUT2D eigenvalue weighted by Gasteiger charge is 2.19. The molecule has 0 aliphatic carbocycles. The smallest absolute Gasteiger partial charge is 0.338 e. The first-order chi connectivity index (χ1) is 10.8. The number of nitro groups is 1. The third-order valence-corrected chi connectivity index (χ3v) is 4.69. The number of nitrogens with zero attached hydrogens (tertiary/aromatic N) is 1. The van der Waals surface area contributed by atoms with E-state index in [-0.39, 0.29) is 21.5 Å². The van der Waals surface area contributed by atoms with Crippen LogP contribution in [0.1, 0.15) is 30.5 Å². The molecule has 0 spiro atoms. The lowest BCUT2D eigenvalue weighted by Crippen LogP contribution is -2.14. The van der Waals surface area contributed by atoms with Gasteiger partial charge in [-0.25, -0.2) is 4.79 Å². The van der Waals surface area contributed by atoms with Gasteiger partial charge < -0.3 is 4.74 Å². The molecular formula is C15H12BrNO5S. The van der Waals surface area contributed by atoms with Crippen molar-refractivity contribution in [2.24, 2.45) is 0 Å². The Morgan fingerprint density at radius 1 is 1.30 bits per heavy atom. The van der Waals surface area contributed by atoms with Gasteiger partial charge in [0.1, 0.15) is 0 Å². The molecule has 2 rings (SSSR count). The minimum Gasteiger partial charge on any atom is -0.454 e. The SMILES string of the molecule is Cc1cc(C(=O)COC(=O)c2ccc(Br)c([N+](=O)[O-])c2)c(C)s1. The monoisotopic (exact) mass is 397 g/mol. The second-order valence-corrected chi connectivity index (χ2v) is 7.06. The molecule has 0 bridgehead atoms. The zero-order valence-electron chi connectivity index (χ0n) is 12.3. The lowest BCUT2D eigenvalue weighted by atomic mass is 10.1. The number of Topliss-reactive ketones (excluding diaryl/α,β-unsaturated/α-hetero) is 1. The van der Waals surface area contributed by atoms with E-state index in [0.717, 1.165) is 15.8 Å². The minimum atomic E-state index is -0.779. The van der Waals surface area contributed by atoms with Gasteiger partial charge in [-0.05, 0) is 48.0 Å². The van der Waals surface area contributed by atoms with Crippen molar-refractivity contribution >= 4 is 44.7 Å². The zero-order valence-corrected chi connectivity index (χ0v) is 14.7. The van der Waals surface area contributed by atoms with Crippen LogP contribution in [0.25, 0.3) is 0 Å². The predicted octanol–water partition coefficient (Wildman–Crippen LogP) is 4.08. The summed E-state index contributed by atoms with van der Waals surface area (Å²) in [7, 11) is 0. The third-order valence-electron chi connectivity index (χ3n) is 3.05. The molecule has 1 aromatic carbocycles. The topological polar surface area (TPSA) is 86.5 Å². The summed E-state index contributed by atoms with van der Waals surface area (Å²) in [4.78, 5) is 36.1. The van der Waals surface area contributed by atoms with Gasteiger partial charge in [0.2, 0.25) is 5.78 Å². The zero-order chi connectivity index (χ0) is 17.1. The average molecular weight is 398 g/mol. The molecule has 1 aromatic heterocycles. The standard InChI is InChI=1S/C15H12BrNO5S/c1-8-5-11(9(2)23-8)14(18)7-22-15(19)10-3-4-12(16)13(6-10)17(20)21/h3-6H,7H2,1-2H3. The van der Waals surface area contributed by atoms with Crippen molar-refractivity contribution < 1.29 is 19.2 Å². The van der Waals surface area contributed by atoms with E-state index >= 15 is 0 Å². The molecule has 23 heavy (non-hydrogen) atoms. The molecule has 0 aliphatic heterocycles. The van der Waals surface area contributed by atoms with E-state index in [4.69, 9.17) is 4.74 Å². The first kappa shape index (κ1) is 17.3. The van der Waals surface area contributed by atoms with Crippen LogP contribution in [0.15, 0.2) is 28.7 Å². The second kappa shape index (κ2) is 7.01. The lowest BCUT2D eigenvalue weighted by Gasteiger charge is -2.05. The Bertz CT molecular complexity index is 799. The number of carbonyl (C=O) groups is 2.